The van der Waals surface area contributed by atoms with E-state index in [1.165, 1.54) is 6.33 Å². The van der Waals surface area contributed by atoms with Gasteiger partial charge in [-0.2, -0.15) is 0 Å². The lowest BCUT2D eigenvalue weighted by Gasteiger charge is -2.10. The summed E-state index contributed by atoms with van der Waals surface area (Å²) in [6, 6.07) is 7.42. The summed E-state index contributed by atoms with van der Waals surface area (Å²) >= 11 is 3.45. The Balaban J connectivity index is 2.04. The summed E-state index contributed by atoms with van der Waals surface area (Å²) in [6.07, 6.45) is 2.44. The molecule has 0 spiro atoms. The van der Waals surface area contributed by atoms with E-state index in [4.69, 9.17) is 0 Å². The molecule has 0 unspecified atom stereocenters. The first-order valence-electron chi connectivity index (χ1n) is 7.59. The van der Waals surface area contributed by atoms with Crippen molar-refractivity contribution in [1.29, 1.82) is 0 Å². The largest absolute Gasteiger partial charge is 0.370 e. The molecule has 122 valence electrons. The number of rotatable bonds is 6. The van der Waals surface area contributed by atoms with Crippen LogP contribution in [0, 0.1) is 12.8 Å². The molecule has 6 heteroatoms. The van der Waals surface area contributed by atoms with E-state index in [0.717, 1.165) is 23.0 Å². The topological polar surface area (TPSA) is 66.9 Å². The van der Waals surface area contributed by atoms with Gasteiger partial charge in [-0.3, -0.25) is 4.79 Å². The van der Waals surface area contributed by atoms with Gasteiger partial charge in [0, 0.05) is 17.1 Å². The molecule has 1 aromatic heterocycles. The predicted molar refractivity (Wildman–Crippen MR) is 96.8 cm³/mol. The fraction of sp³-hybridized carbons (Fsp3) is 0.353. The highest BCUT2D eigenvalue weighted by atomic mass is 79.9. The first-order chi connectivity index (χ1) is 11.0. The maximum Gasteiger partial charge on any atom is 0.274 e. The normalized spacial score (nSPS) is 10.7. The Bertz CT molecular complexity index is 688. The summed E-state index contributed by atoms with van der Waals surface area (Å²) in [4.78, 5) is 20.5. The van der Waals surface area contributed by atoms with Crippen LogP contribution in [0.3, 0.4) is 0 Å². The van der Waals surface area contributed by atoms with E-state index >= 15 is 0 Å². The number of nitrogens with zero attached hydrogens (tertiary/aromatic N) is 2. The minimum absolute atomic E-state index is 0.260. The molecule has 2 rings (SSSR count). The minimum Gasteiger partial charge on any atom is -0.370 e. The average Bonchev–Trinajstić information content (AvgIpc) is 2.50. The lowest BCUT2D eigenvalue weighted by atomic mass is 10.1. The van der Waals surface area contributed by atoms with Crippen molar-refractivity contribution >= 4 is 33.3 Å². The van der Waals surface area contributed by atoms with Gasteiger partial charge < -0.3 is 10.6 Å². The van der Waals surface area contributed by atoms with E-state index in [1.54, 1.807) is 6.07 Å². The number of anilines is 2. The predicted octanol–water partition coefficient (Wildman–Crippen LogP) is 4.26. The van der Waals surface area contributed by atoms with E-state index in [0.29, 0.717) is 23.1 Å². The maximum atomic E-state index is 12.3. The first kappa shape index (κ1) is 17.4. The Morgan fingerprint density at radius 1 is 1.26 bits per heavy atom. The van der Waals surface area contributed by atoms with Gasteiger partial charge in [-0.05, 0) is 52.9 Å². The zero-order valence-corrected chi connectivity index (χ0v) is 15.1. The average molecular weight is 377 g/mol. The van der Waals surface area contributed by atoms with Crippen LogP contribution in [0.5, 0.6) is 0 Å². The molecule has 2 aromatic rings. The summed E-state index contributed by atoms with van der Waals surface area (Å²) in [5.41, 5.74) is 2.17. The third-order valence-corrected chi connectivity index (χ3v) is 3.96. The summed E-state index contributed by atoms with van der Waals surface area (Å²) in [5.74, 6) is 1.02. The second-order valence-corrected chi connectivity index (χ2v) is 6.69. The lowest BCUT2D eigenvalue weighted by molar-refractivity contribution is 0.102. The second kappa shape index (κ2) is 8.06. The summed E-state index contributed by atoms with van der Waals surface area (Å²) < 4.78 is 0.843. The number of hydrogen-bond donors (Lipinski definition) is 2. The highest BCUT2D eigenvalue weighted by Gasteiger charge is 2.11. The lowest BCUT2D eigenvalue weighted by Crippen LogP contribution is -2.15. The van der Waals surface area contributed by atoms with Crippen molar-refractivity contribution in [2.75, 3.05) is 17.2 Å². The highest BCUT2D eigenvalue weighted by Crippen LogP contribution is 2.23. The van der Waals surface area contributed by atoms with Gasteiger partial charge in [-0.25, -0.2) is 9.97 Å². The van der Waals surface area contributed by atoms with E-state index in [9.17, 15) is 4.79 Å². The van der Waals surface area contributed by atoms with Gasteiger partial charge in [0.2, 0.25) is 0 Å². The van der Waals surface area contributed by atoms with Crippen LogP contribution in [0.15, 0.2) is 35.1 Å². The number of nitrogens with one attached hydrogen (secondary N) is 2. The SMILES string of the molecule is Cc1ccc(NC(=O)c2cc(NCCC(C)C)ncn2)c(Br)c1. The van der Waals surface area contributed by atoms with Crippen LogP contribution in [0.4, 0.5) is 11.5 Å². The van der Waals surface area contributed by atoms with Crippen molar-refractivity contribution in [2.45, 2.75) is 27.2 Å². The number of hydrogen-bond acceptors (Lipinski definition) is 4. The van der Waals surface area contributed by atoms with Crippen LogP contribution < -0.4 is 10.6 Å². The van der Waals surface area contributed by atoms with Crippen molar-refractivity contribution in [3.63, 3.8) is 0 Å². The van der Waals surface area contributed by atoms with Gasteiger partial charge in [0.05, 0.1) is 5.69 Å². The Labute approximate surface area is 145 Å². The van der Waals surface area contributed by atoms with Crippen LogP contribution in [0.25, 0.3) is 0 Å². The summed E-state index contributed by atoms with van der Waals surface area (Å²) in [7, 11) is 0. The molecular weight excluding hydrogens is 356 g/mol. The van der Waals surface area contributed by atoms with Gasteiger partial charge in [-0.15, -0.1) is 0 Å². The van der Waals surface area contributed by atoms with Crippen molar-refractivity contribution in [2.24, 2.45) is 5.92 Å². The van der Waals surface area contributed by atoms with Crippen molar-refractivity contribution < 1.29 is 4.79 Å². The van der Waals surface area contributed by atoms with E-state index in [-0.39, 0.29) is 5.91 Å². The van der Waals surface area contributed by atoms with Crippen molar-refractivity contribution in [3.05, 3.63) is 46.3 Å². The van der Waals surface area contributed by atoms with E-state index in [1.807, 2.05) is 25.1 Å². The third-order valence-electron chi connectivity index (χ3n) is 3.30. The zero-order valence-electron chi connectivity index (χ0n) is 13.6. The monoisotopic (exact) mass is 376 g/mol. The van der Waals surface area contributed by atoms with Crippen LogP contribution in [0.2, 0.25) is 0 Å². The molecule has 2 N–H and O–H groups in total. The Kier molecular flexibility index (Phi) is 6.10. The molecule has 23 heavy (non-hydrogen) atoms. The number of halogens is 1. The second-order valence-electron chi connectivity index (χ2n) is 5.84. The molecule has 0 bridgehead atoms. The molecule has 0 saturated carbocycles. The fourth-order valence-electron chi connectivity index (χ4n) is 1.97. The molecule has 5 nitrogen and oxygen atoms in total. The van der Waals surface area contributed by atoms with Gasteiger partial charge in [0.25, 0.3) is 5.91 Å². The number of carbonyl (C=O) groups excluding carboxylic acids is 1. The molecule has 0 fully saturated rings. The minimum atomic E-state index is -0.260. The van der Waals surface area contributed by atoms with Gasteiger partial charge >= 0.3 is 0 Å². The number of carbonyl (C=O) groups is 1. The van der Waals surface area contributed by atoms with Gasteiger partial charge in [0.1, 0.15) is 17.8 Å². The number of aryl methyl sites for hydroxylation is 1. The molecule has 0 atom stereocenters. The molecule has 1 heterocycles. The van der Waals surface area contributed by atoms with Crippen molar-refractivity contribution in [1.82, 2.24) is 9.97 Å². The summed E-state index contributed by atoms with van der Waals surface area (Å²) in [6.45, 7) is 7.15. The molecule has 0 saturated heterocycles. The van der Waals surface area contributed by atoms with Crippen molar-refractivity contribution in [3.8, 4) is 0 Å². The quantitative estimate of drug-likeness (QED) is 0.790. The van der Waals surface area contributed by atoms with Crippen LogP contribution in [-0.4, -0.2) is 22.4 Å². The van der Waals surface area contributed by atoms with Crippen LogP contribution in [-0.2, 0) is 0 Å². The third kappa shape index (κ3) is 5.32. The smallest absolute Gasteiger partial charge is 0.274 e. The number of benzene rings is 1. The standard InChI is InChI=1S/C17H21BrN4O/c1-11(2)6-7-19-16-9-15(20-10-21-16)17(23)22-14-5-4-12(3)8-13(14)18/h4-5,8-11H,6-7H2,1-3H3,(H,22,23)(H,19,20,21). The molecule has 0 aliphatic rings. The molecule has 0 aliphatic heterocycles. The first-order valence-corrected chi connectivity index (χ1v) is 8.38. The molecular formula is C17H21BrN4O. The van der Waals surface area contributed by atoms with Crippen LogP contribution in [0.1, 0.15) is 36.3 Å². The van der Waals surface area contributed by atoms with Gasteiger partial charge in [0.15, 0.2) is 0 Å². The van der Waals surface area contributed by atoms with E-state index < -0.39 is 0 Å². The van der Waals surface area contributed by atoms with E-state index in [2.05, 4.69) is 50.4 Å². The fourth-order valence-corrected chi connectivity index (χ4v) is 2.57. The van der Waals surface area contributed by atoms with Crippen LogP contribution >= 0.6 is 15.9 Å². The molecule has 1 amide bonds. The molecule has 1 aromatic carbocycles. The Morgan fingerprint density at radius 2 is 2.04 bits per heavy atom. The zero-order chi connectivity index (χ0) is 16.8. The molecule has 0 aliphatic carbocycles. The maximum absolute atomic E-state index is 12.3. The number of aromatic nitrogens is 2. The molecule has 0 radical (unpaired) electrons. The Hall–Kier alpha value is -1.95. The Morgan fingerprint density at radius 3 is 2.74 bits per heavy atom. The van der Waals surface area contributed by atoms with Gasteiger partial charge in [-0.1, -0.05) is 19.9 Å². The number of amides is 1. The summed E-state index contributed by atoms with van der Waals surface area (Å²) in [5, 5.41) is 6.06. The highest BCUT2D eigenvalue weighted by molar-refractivity contribution is 9.10.